The second-order valence-electron chi connectivity index (χ2n) is 8.85. The molecule has 2 bridgehead atoms. The SMILES string of the molecule is Cl.Cl.NC1C2CCCC1CC(C(=O)N1CCCN(C3CCCC3)CC1)C2. The zero-order chi connectivity index (χ0) is 16.5. The van der Waals surface area contributed by atoms with Crippen LogP contribution in [-0.4, -0.2) is 54.0 Å². The molecule has 4 fully saturated rings. The lowest BCUT2D eigenvalue weighted by Gasteiger charge is -2.44. The van der Waals surface area contributed by atoms with Gasteiger partial charge in [-0.15, -0.1) is 24.8 Å². The summed E-state index contributed by atoms with van der Waals surface area (Å²) in [6.07, 6.45) is 12.6. The molecule has 152 valence electrons. The number of halogens is 2. The Hall–Kier alpha value is -0.0300. The van der Waals surface area contributed by atoms with E-state index < -0.39 is 0 Å². The maximum Gasteiger partial charge on any atom is 0.225 e. The van der Waals surface area contributed by atoms with E-state index in [0.717, 1.165) is 44.9 Å². The zero-order valence-corrected chi connectivity index (χ0v) is 17.6. The third kappa shape index (κ3) is 4.68. The van der Waals surface area contributed by atoms with Gasteiger partial charge in [-0.25, -0.2) is 0 Å². The lowest BCUT2D eigenvalue weighted by atomic mass is 9.65. The molecule has 2 N–H and O–H groups in total. The molecule has 6 heteroatoms. The van der Waals surface area contributed by atoms with Crippen molar-refractivity contribution in [3.05, 3.63) is 0 Å². The van der Waals surface area contributed by atoms with Crippen molar-refractivity contribution in [2.24, 2.45) is 23.5 Å². The van der Waals surface area contributed by atoms with Gasteiger partial charge in [-0.3, -0.25) is 9.69 Å². The minimum Gasteiger partial charge on any atom is -0.341 e. The molecule has 0 aromatic heterocycles. The molecule has 2 unspecified atom stereocenters. The van der Waals surface area contributed by atoms with Crippen molar-refractivity contribution in [1.82, 2.24) is 9.80 Å². The topological polar surface area (TPSA) is 49.6 Å². The van der Waals surface area contributed by atoms with Gasteiger partial charge < -0.3 is 10.6 Å². The summed E-state index contributed by atoms with van der Waals surface area (Å²) in [5.74, 6) is 1.92. The highest BCUT2D eigenvalue weighted by molar-refractivity contribution is 5.85. The zero-order valence-electron chi connectivity index (χ0n) is 16.0. The summed E-state index contributed by atoms with van der Waals surface area (Å²) in [4.78, 5) is 18.0. The Morgan fingerprint density at radius 3 is 2.08 bits per heavy atom. The third-order valence-corrected chi connectivity index (χ3v) is 7.45. The van der Waals surface area contributed by atoms with Crippen LogP contribution in [0.1, 0.15) is 64.2 Å². The number of amides is 1. The number of nitrogens with zero attached hydrogens (tertiary/aromatic N) is 2. The monoisotopic (exact) mass is 405 g/mol. The Balaban J connectivity index is 0.00000121. The standard InChI is InChI=1S/C20H35N3O.2ClH/c21-19-15-5-3-6-16(19)14-17(13-15)20(24)23-10-4-9-22(11-12-23)18-7-1-2-8-18;;/h15-19H,1-14,21H2;2*1H. The Morgan fingerprint density at radius 2 is 1.42 bits per heavy atom. The number of hydrogen-bond donors (Lipinski definition) is 1. The first-order valence-corrected chi connectivity index (χ1v) is 10.5. The van der Waals surface area contributed by atoms with Gasteiger partial charge in [0.1, 0.15) is 0 Å². The van der Waals surface area contributed by atoms with Crippen LogP contribution in [-0.2, 0) is 4.79 Å². The Morgan fingerprint density at radius 1 is 0.769 bits per heavy atom. The molecule has 4 rings (SSSR count). The number of rotatable bonds is 2. The Labute approximate surface area is 171 Å². The summed E-state index contributed by atoms with van der Waals surface area (Å²) in [7, 11) is 0. The van der Waals surface area contributed by atoms with Crippen molar-refractivity contribution < 1.29 is 4.79 Å². The summed E-state index contributed by atoms with van der Waals surface area (Å²) in [6.45, 7) is 4.21. The summed E-state index contributed by atoms with van der Waals surface area (Å²) in [5, 5.41) is 0. The minimum absolute atomic E-state index is 0. The average molecular weight is 406 g/mol. The van der Waals surface area contributed by atoms with Crippen LogP contribution in [0.2, 0.25) is 0 Å². The van der Waals surface area contributed by atoms with E-state index in [-0.39, 0.29) is 30.7 Å². The van der Waals surface area contributed by atoms with Crippen molar-refractivity contribution >= 4 is 30.7 Å². The average Bonchev–Trinajstić information content (AvgIpc) is 2.99. The summed E-state index contributed by atoms with van der Waals surface area (Å²) < 4.78 is 0. The Bertz CT molecular complexity index is 444. The van der Waals surface area contributed by atoms with Gasteiger partial charge in [-0.05, 0) is 56.8 Å². The van der Waals surface area contributed by atoms with Crippen LogP contribution in [0.3, 0.4) is 0 Å². The van der Waals surface area contributed by atoms with Crippen molar-refractivity contribution in [1.29, 1.82) is 0 Å². The highest BCUT2D eigenvalue weighted by Gasteiger charge is 2.41. The molecule has 2 atom stereocenters. The van der Waals surface area contributed by atoms with Gasteiger partial charge >= 0.3 is 0 Å². The number of nitrogens with two attached hydrogens (primary N) is 1. The van der Waals surface area contributed by atoms with Crippen LogP contribution in [0.4, 0.5) is 0 Å². The molecule has 3 saturated carbocycles. The van der Waals surface area contributed by atoms with E-state index in [1.165, 1.54) is 51.5 Å². The van der Waals surface area contributed by atoms with Crippen LogP contribution < -0.4 is 5.73 Å². The maximum atomic E-state index is 13.1. The lowest BCUT2D eigenvalue weighted by Crippen LogP contribution is -2.50. The van der Waals surface area contributed by atoms with Crippen LogP contribution in [0.25, 0.3) is 0 Å². The number of carbonyl (C=O) groups excluding carboxylic acids is 1. The van der Waals surface area contributed by atoms with Gasteiger partial charge in [0.2, 0.25) is 5.91 Å². The van der Waals surface area contributed by atoms with Crippen molar-refractivity contribution in [2.75, 3.05) is 26.2 Å². The fraction of sp³-hybridized carbons (Fsp3) is 0.950. The van der Waals surface area contributed by atoms with Gasteiger partial charge in [-0.1, -0.05) is 19.3 Å². The van der Waals surface area contributed by atoms with E-state index in [1.54, 1.807) is 0 Å². The summed E-state index contributed by atoms with van der Waals surface area (Å²) >= 11 is 0. The second-order valence-corrected chi connectivity index (χ2v) is 8.85. The van der Waals surface area contributed by atoms with E-state index >= 15 is 0 Å². The number of hydrogen-bond acceptors (Lipinski definition) is 3. The first-order chi connectivity index (χ1) is 11.7. The fourth-order valence-corrected chi connectivity index (χ4v) is 6.04. The first kappa shape index (κ1) is 22.3. The van der Waals surface area contributed by atoms with Gasteiger partial charge in [0.05, 0.1) is 0 Å². The molecule has 0 spiro atoms. The molecule has 1 amide bonds. The molecule has 1 heterocycles. The predicted molar refractivity (Wildman–Crippen MR) is 111 cm³/mol. The van der Waals surface area contributed by atoms with E-state index in [4.69, 9.17) is 5.73 Å². The third-order valence-electron chi connectivity index (χ3n) is 7.45. The van der Waals surface area contributed by atoms with Gasteiger partial charge in [0.15, 0.2) is 0 Å². The van der Waals surface area contributed by atoms with Crippen molar-refractivity contribution in [2.45, 2.75) is 76.3 Å². The molecule has 1 saturated heterocycles. The second kappa shape index (κ2) is 9.95. The normalized spacial score (nSPS) is 36.0. The molecule has 4 aliphatic rings. The van der Waals surface area contributed by atoms with Crippen molar-refractivity contribution in [3.63, 3.8) is 0 Å². The van der Waals surface area contributed by atoms with Crippen LogP contribution in [0.15, 0.2) is 0 Å². The molecular weight excluding hydrogens is 369 g/mol. The molecule has 26 heavy (non-hydrogen) atoms. The first-order valence-electron chi connectivity index (χ1n) is 10.5. The van der Waals surface area contributed by atoms with Gasteiger partial charge in [0.25, 0.3) is 0 Å². The van der Waals surface area contributed by atoms with E-state index in [1.807, 2.05) is 0 Å². The van der Waals surface area contributed by atoms with E-state index in [2.05, 4.69) is 9.80 Å². The van der Waals surface area contributed by atoms with Gasteiger partial charge in [-0.2, -0.15) is 0 Å². The largest absolute Gasteiger partial charge is 0.341 e. The predicted octanol–water partition coefficient (Wildman–Crippen LogP) is 3.46. The number of carbonyl (C=O) groups is 1. The van der Waals surface area contributed by atoms with Crippen LogP contribution >= 0.6 is 24.8 Å². The smallest absolute Gasteiger partial charge is 0.225 e. The molecule has 0 aromatic rings. The summed E-state index contributed by atoms with van der Waals surface area (Å²) in [6, 6.07) is 1.16. The highest BCUT2D eigenvalue weighted by atomic mass is 35.5. The highest BCUT2D eigenvalue weighted by Crippen LogP contribution is 2.42. The number of fused-ring (bicyclic) bond motifs is 2. The van der Waals surface area contributed by atoms with Crippen LogP contribution in [0.5, 0.6) is 0 Å². The Kier molecular flexibility index (Phi) is 8.52. The quantitative estimate of drug-likeness (QED) is 0.764. The van der Waals surface area contributed by atoms with E-state index in [0.29, 0.717) is 23.8 Å². The molecule has 4 nitrogen and oxygen atoms in total. The molecule has 0 aromatic carbocycles. The van der Waals surface area contributed by atoms with Crippen LogP contribution in [0, 0.1) is 17.8 Å². The molecular formula is C20H37Cl2N3O. The lowest BCUT2D eigenvalue weighted by molar-refractivity contribution is -0.138. The molecule has 1 aliphatic heterocycles. The van der Waals surface area contributed by atoms with E-state index in [9.17, 15) is 4.79 Å². The minimum atomic E-state index is 0. The molecule has 3 aliphatic carbocycles. The summed E-state index contributed by atoms with van der Waals surface area (Å²) in [5.41, 5.74) is 6.41. The molecule has 0 radical (unpaired) electrons. The fourth-order valence-electron chi connectivity index (χ4n) is 6.04. The van der Waals surface area contributed by atoms with Gasteiger partial charge in [0, 0.05) is 44.2 Å². The van der Waals surface area contributed by atoms with Crippen molar-refractivity contribution in [3.8, 4) is 0 Å². The maximum absolute atomic E-state index is 13.1.